The zero-order chi connectivity index (χ0) is 27.9. The van der Waals surface area contributed by atoms with E-state index in [-0.39, 0.29) is 37.1 Å². The number of aliphatic hydroxyl groups excluding tert-OH is 1. The molecule has 0 bridgehead atoms. The van der Waals surface area contributed by atoms with Crippen molar-refractivity contribution in [2.45, 2.75) is 39.0 Å². The second kappa shape index (κ2) is 10.1. The lowest BCUT2D eigenvalue weighted by Crippen LogP contribution is -2.22. The Morgan fingerprint density at radius 2 is 1.74 bits per heavy atom. The normalized spacial score (nSPS) is 12.1. The number of alkyl halides is 3. The van der Waals surface area contributed by atoms with Gasteiger partial charge in [-0.3, -0.25) is 9.13 Å². The van der Waals surface area contributed by atoms with Crippen molar-refractivity contribution in [2.75, 3.05) is 6.61 Å². The quantitative estimate of drug-likeness (QED) is 0.321. The molecule has 11 heteroatoms. The first-order chi connectivity index (χ1) is 18.6. The summed E-state index contributed by atoms with van der Waals surface area (Å²) >= 11 is 0. The first kappa shape index (κ1) is 26.4. The van der Waals surface area contributed by atoms with Gasteiger partial charge in [0.05, 0.1) is 19.3 Å². The van der Waals surface area contributed by atoms with E-state index in [1.165, 1.54) is 9.13 Å². The molecule has 39 heavy (non-hydrogen) atoms. The molecule has 1 N–H and O–H groups in total. The summed E-state index contributed by atoms with van der Waals surface area (Å²) in [6, 6.07) is 14.7. The average Bonchev–Trinajstić information content (AvgIpc) is 3.44. The molecule has 5 aromatic rings. The maximum Gasteiger partial charge on any atom is 0.434 e. The fourth-order valence-electron chi connectivity index (χ4n) is 4.66. The Morgan fingerprint density at radius 3 is 2.41 bits per heavy atom. The third kappa shape index (κ3) is 4.97. The Balaban J connectivity index is 1.51. The molecular formula is C28H27F3N6O2. The van der Waals surface area contributed by atoms with E-state index in [1.807, 2.05) is 24.3 Å². The van der Waals surface area contributed by atoms with Gasteiger partial charge in [0.15, 0.2) is 17.2 Å². The third-order valence-electron chi connectivity index (χ3n) is 6.67. The van der Waals surface area contributed by atoms with E-state index in [1.54, 1.807) is 42.1 Å². The van der Waals surface area contributed by atoms with Crippen molar-refractivity contribution in [2.24, 2.45) is 7.05 Å². The third-order valence-corrected chi connectivity index (χ3v) is 6.67. The number of benzene rings is 2. The lowest BCUT2D eigenvalue weighted by Gasteiger charge is -2.11. The molecule has 0 aliphatic rings. The summed E-state index contributed by atoms with van der Waals surface area (Å²) in [5.41, 5.74) is 3.02. The molecule has 0 amide bonds. The second-order valence-corrected chi connectivity index (χ2v) is 9.63. The minimum Gasteiger partial charge on any atom is -0.395 e. The number of hydrogen-bond donors (Lipinski definition) is 1. The van der Waals surface area contributed by atoms with Gasteiger partial charge in [-0.2, -0.15) is 13.2 Å². The minimum atomic E-state index is -4.60. The fourth-order valence-corrected chi connectivity index (χ4v) is 4.66. The van der Waals surface area contributed by atoms with E-state index in [0.29, 0.717) is 22.6 Å². The Morgan fingerprint density at radius 1 is 1.03 bits per heavy atom. The Hall–Kier alpha value is -4.25. The summed E-state index contributed by atoms with van der Waals surface area (Å²) < 4.78 is 44.0. The predicted octanol–water partition coefficient (Wildman–Crippen LogP) is 4.84. The molecule has 0 spiro atoms. The molecule has 0 aliphatic carbocycles. The largest absolute Gasteiger partial charge is 0.434 e. The maximum absolute atomic E-state index is 13.2. The van der Waals surface area contributed by atoms with Crippen LogP contribution in [0.15, 0.2) is 65.7 Å². The van der Waals surface area contributed by atoms with Crippen molar-refractivity contribution < 1.29 is 18.3 Å². The summed E-state index contributed by atoms with van der Waals surface area (Å²) in [6.45, 7) is 4.05. The first-order valence-electron chi connectivity index (χ1n) is 12.4. The standard InChI is InChI=1S/C28H27F3N6O2/c1-17(2)20-6-4-5-7-21(20)24-32-14-22-26(34-24)37(27(39)35(22)3)15-18-8-10-19(11-9-18)25-33-23(28(29,30)31)16-36(25)12-13-38/h4-11,14,16-17,38H,12-13,15H2,1-3H3. The van der Waals surface area contributed by atoms with Crippen LogP contribution in [0.2, 0.25) is 0 Å². The van der Waals surface area contributed by atoms with Crippen LogP contribution in [0.3, 0.4) is 0 Å². The van der Waals surface area contributed by atoms with E-state index >= 15 is 0 Å². The van der Waals surface area contributed by atoms with Gasteiger partial charge in [-0.15, -0.1) is 0 Å². The van der Waals surface area contributed by atoms with Crippen LogP contribution in [0.4, 0.5) is 13.2 Å². The molecule has 0 unspecified atom stereocenters. The Bertz CT molecular complexity index is 1700. The van der Waals surface area contributed by atoms with Crippen LogP contribution < -0.4 is 5.69 Å². The van der Waals surface area contributed by atoms with Gasteiger partial charge >= 0.3 is 11.9 Å². The van der Waals surface area contributed by atoms with Crippen molar-refractivity contribution in [3.63, 3.8) is 0 Å². The predicted molar refractivity (Wildman–Crippen MR) is 141 cm³/mol. The molecule has 202 valence electrons. The van der Waals surface area contributed by atoms with Gasteiger partial charge in [0.2, 0.25) is 0 Å². The number of aliphatic hydroxyl groups is 1. The topological polar surface area (TPSA) is 90.8 Å². The molecule has 0 aliphatic heterocycles. The molecule has 0 saturated heterocycles. The van der Waals surface area contributed by atoms with E-state index in [2.05, 4.69) is 23.8 Å². The number of halogens is 3. The zero-order valence-electron chi connectivity index (χ0n) is 21.6. The van der Waals surface area contributed by atoms with Crippen molar-refractivity contribution in [1.29, 1.82) is 0 Å². The molecule has 0 saturated carbocycles. The van der Waals surface area contributed by atoms with Crippen LogP contribution in [0, 0.1) is 0 Å². The van der Waals surface area contributed by atoms with Crippen LogP contribution >= 0.6 is 0 Å². The highest BCUT2D eigenvalue weighted by molar-refractivity contribution is 5.74. The summed E-state index contributed by atoms with van der Waals surface area (Å²) in [4.78, 5) is 26.2. The maximum atomic E-state index is 13.2. The molecule has 5 rings (SSSR count). The van der Waals surface area contributed by atoms with Crippen molar-refractivity contribution in [3.05, 3.63) is 88.2 Å². The van der Waals surface area contributed by atoms with Crippen LogP contribution in [0.1, 0.15) is 36.6 Å². The van der Waals surface area contributed by atoms with Gasteiger partial charge in [0, 0.05) is 30.9 Å². The van der Waals surface area contributed by atoms with Gasteiger partial charge in [0.1, 0.15) is 11.3 Å². The smallest absolute Gasteiger partial charge is 0.395 e. The second-order valence-electron chi connectivity index (χ2n) is 9.63. The molecule has 3 heterocycles. The first-order valence-corrected chi connectivity index (χ1v) is 12.4. The van der Waals surface area contributed by atoms with Gasteiger partial charge in [0.25, 0.3) is 0 Å². The average molecular weight is 537 g/mol. The monoisotopic (exact) mass is 536 g/mol. The van der Waals surface area contributed by atoms with Crippen LogP contribution in [-0.4, -0.2) is 40.4 Å². The molecule has 3 aromatic heterocycles. The minimum absolute atomic E-state index is 0.0203. The zero-order valence-corrected chi connectivity index (χ0v) is 21.6. The number of nitrogens with zero attached hydrogens (tertiary/aromatic N) is 6. The summed E-state index contributed by atoms with van der Waals surface area (Å²) in [6.07, 6.45) is -2.06. The SMILES string of the molecule is CC(C)c1ccccc1-c1ncc2c(n1)n(Cc1ccc(-c3nc(C(F)(F)F)cn3CCO)cc1)c(=O)n2C. The molecule has 0 fully saturated rings. The number of aromatic nitrogens is 6. The van der Waals surface area contributed by atoms with E-state index in [0.717, 1.165) is 22.9 Å². The van der Waals surface area contributed by atoms with Crippen LogP contribution in [0.25, 0.3) is 33.9 Å². The number of hydrogen-bond acceptors (Lipinski definition) is 5. The molecule has 0 atom stereocenters. The van der Waals surface area contributed by atoms with Crippen molar-refractivity contribution >= 4 is 11.2 Å². The number of aryl methyl sites for hydroxylation is 1. The summed E-state index contributed by atoms with van der Waals surface area (Å²) in [5, 5.41) is 9.29. The van der Waals surface area contributed by atoms with Crippen molar-refractivity contribution in [3.8, 4) is 22.8 Å². The van der Waals surface area contributed by atoms with Crippen LogP contribution in [-0.2, 0) is 26.3 Å². The number of fused-ring (bicyclic) bond motifs is 1. The van der Waals surface area contributed by atoms with Gasteiger partial charge in [-0.1, -0.05) is 62.4 Å². The summed E-state index contributed by atoms with van der Waals surface area (Å²) in [7, 11) is 1.66. The molecule has 8 nitrogen and oxygen atoms in total. The Kier molecular flexibility index (Phi) is 6.85. The van der Waals surface area contributed by atoms with E-state index < -0.39 is 11.9 Å². The molecule has 0 radical (unpaired) electrons. The highest BCUT2D eigenvalue weighted by Crippen LogP contribution is 2.31. The van der Waals surface area contributed by atoms with E-state index in [4.69, 9.17) is 4.98 Å². The number of rotatable bonds is 7. The Labute approximate surface area is 222 Å². The van der Waals surface area contributed by atoms with Crippen LogP contribution in [0.5, 0.6) is 0 Å². The van der Waals surface area contributed by atoms with E-state index in [9.17, 15) is 23.1 Å². The molecular weight excluding hydrogens is 509 g/mol. The van der Waals surface area contributed by atoms with Gasteiger partial charge in [-0.25, -0.2) is 19.7 Å². The van der Waals surface area contributed by atoms with Gasteiger partial charge in [-0.05, 0) is 17.0 Å². The van der Waals surface area contributed by atoms with Crippen molar-refractivity contribution in [1.82, 2.24) is 28.7 Å². The molecule has 2 aromatic carbocycles. The number of imidazole rings is 2. The highest BCUT2D eigenvalue weighted by atomic mass is 19.4. The fraction of sp³-hybridized carbons (Fsp3) is 0.286. The lowest BCUT2D eigenvalue weighted by atomic mass is 9.97. The highest BCUT2D eigenvalue weighted by Gasteiger charge is 2.35. The van der Waals surface area contributed by atoms with Gasteiger partial charge < -0.3 is 9.67 Å². The summed E-state index contributed by atoms with van der Waals surface area (Å²) in [5.74, 6) is 0.890. The lowest BCUT2D eigenvalue weighted by molar-refractivity contribution is -0.140.